The fourth-order valence-corrected chi connectivity index (χ4v) is 2.36. The first-order valence-corrected chi connectivity index (χ1v) is 6.83. The number of fused-ring (bicyclic) bond motifs is 1. The number of aryl methyl sites for hydroxylation is 2. The van der Waals surface area contributed by atoms with Crippen LogP contribution in [0.2, 0.25) is 0 Å². The Hall–Kier alpha value is -2.01. The first kappa shape index (κ1) is 13.0. The van der Waals surface area contributed by atoms with Crippen molar-refractivity contribution in [3.8, 4) is 11.5 Å². The minimum atomic E-state index is 0.0393. The van der Waals surface area contributed by atoms with Crippen LogP contribution in [0.25, 0.3) is 0 Å². The predicted octanol–water partition coefficient (Wildman–Crippen LogP) is 1.96. The summed E-state index contributed by atoms with van der Waals surface area (Å²) in [4.78, 5) is 0. The molecule has 1 atom stereocenters. The maximum Gasteiger partial charge on any atom is 0.161 e. The number of nitrogens with one attached hydrogen (secondary N) is 2. The first-order chi connectivity index (χ1) is 9.74. The number of nitrogens with zero attached hydrogens (tertiary/aromatic N) is 1. The van der Waals surface area contributed by atoms with Crippen molar-refractivity contribution in [2.45, 2.75) is 26.5 Å². The van der Waals surface area contributed by atoms with E-state index in [2.05, 4.69) is 15.5 Å². The highest BCUT2D eigenvalue weighted by Crippen LogP contribution is 2.30. The maximum absolute atomic E-state index is 5.90. The lowest BCUT2D eigenvalue weighted by molar-refractivity contribution is 0.0902. The lowest BCUT2D eigenvalue weighted by Gasteiger charge is -2.26. The topological polar surface area (TPSA) is 59.2 Å². The molecule has 0 amide bonds. The van der Waals surface area contributed by atoms with Crippen LogP contribution in [-0.4, -0.2) is 29.5 Å². The van der Waals surface area contributed by atoms with Gasteiger partial charge in [0.15, 0.2) is 11.5 Å². The van der Waals surface area contributed by atoms with E-state index in [-0.39, 0.29) is 6.10 Å². The Morgan fingerprint density at radius 2 is 2.10 bits per heavy atom. The van der Waals surface area contributed by atoms with E-state index in [4.69, 9.17) is 9.47 Å². The van der Waals surface area contributed by atoms with Crippen molar-refractivity contribution in [3.05, 3.63) is 41.2 Å². The van der Waals surface area contributed by atoms with Crippen molar-refractivity contribution in [1.82, 2.24) is 15.5 Å². The first-order valence-electron chi connectivity index (χ1n) is 6.83. The van der Waals surface area contributed by atoms with Crippen LogP contribution in [0.1, 0.15) is 17.0 Å². The number of aromatic amines is 1. The van der Waals surface area contributed by atoms with E-state index >= 15 is 0 Å². The molecule has 106 valence electrons. The summed E-state index contributed by atoms with van der Waals surface area (Å²) in [5, 5.41) is 10.6. The Labute approximate surface area is 118 Å². The largest absolute Gasteiger partial charge is 0.486 e. The average molecular weight is 273 g/mol. The summed E-state index contributed by atoms with van der Waals surface area (Å²) in [6.07, 6.45) is 0.0393. The fourth-order valence-electron chi connectivity index (χ4n) is 2.36. The number of hydrogen-bond acceptors (Lipinski definition) is 4. The molecule has 1 aliphatic rings. The van der Waals surface area contributed by atoms with E-state index < -0.39 is 0 Å². The lowest BCUT2D eigenvalue weighted by atomic mass is 10.2. The maximum atomic E-state index is 5.90. The van der Waals surface area contributed by atoms with Gasteiger partial charge in [-0.1, -0.05) is 12.1 Å². The van der Waals surface area contributed by atoms with E-state index in [0.717, 1.165) is 36.0 Å². The fraction of sp³-hybridized carbons (Fsp3) is 0.400. The van der Waals surface area contributed by atoms with Gasteiger partial charge in [-0.3, -0.25) is 5.10 Å². The Morgan fingerprint density at radius 1 is 1.30 bits per heavy atom. The van der Waals surface area contributed by atoms with Crippen LogP contribution in [0.4, 0.5) is 0 Å². The zero-order valence-electron chi connectivity index (χ0n) is 11.8. The molecule has 3 rings (SSSR count). The number of rotatable bonds is 4. The summed E-state index contributed by atoms with van der Waals surface area (Å²) in [6.45, 7) is 6.16. The van der Waals surface area contributed by atoms with Gasteiger partial charge in [0.1, 0.15) is 12.7 Å². The van der Waals surface area contributed by atoms with Crippen LogP contribution in [0, 0.1) is 13.8 Å². The summed E-state index contributed by atoms with van der Waals surface area (Å²) in [7, 11) is 0. The predicted molar refractivity (Wildman–Crippen MR) is 76.1 cm³/mol. The van der Waals surface area contributed by atoms with Crippen molar-refractivity contribution in [2.75, 3.05) is 13.2 Å². The molecule has 20 heavy (non-hydrogen) atoms. The number of benzene rings is 1. The van der Waals surface area contributed by atoms with Crippen molar-refractivity contribution in [2.24, 2.45) is 0 Å². The average Bonchev–Trinajstić information content (AvgIpc) is 2.79. The highest BCUT2D eigenvalue weighted by molar-refractivity contribution is 5.40. The second kappa shape index (κ2) is 5.54. The quantitative estimate of drug-likeness (QED) is 0.894. The molecule has 1 aromatic heterocycles. The molecule has 0 bridgehead atoms. The van der Waals surface area contributed by atoms with Crippen molar-refractivity contribution in [1.29, 1.82) is 0 Å². The van der Waals surface area contributed by atoms with Gasteiger partial charge in [-0.2, -0.15) is 5.10 Å². The lowest BCUT2D eigenvalue weighted by Crippen LogP contribution is -2.38. The second-order valence-electron chi connectivity index (χ2n) is 5.04. The summed E-state index contributed by atoms with van der Waals surface area (Å²) < 4.78 is 11.6. The second-order valence-corrected chi connectivity index (χ2v) is 5.04. The smallest absolute Gasteiger partial charge is 0.161 e. The summed E-state index contributed by atoms with van der Waals surface area (Å²) >= 11 is 0. The standard InChI is InChI=1S/C15H19N3O2/c1-10-13(11(2)18-17-10)8-16-7-12-9-19-14-5-3-4-6-15(14)20-12/h3-6,12,16H,7-9H2,1-2H3,(H,17,18). The van der Waals surface area contributed by atoms with Gasteiger partial charge in [-0.15, -0.1) is 0 Å². The molecular weight excluding hydrogens is 254 g/mol. The normalized spacial score (nSPS) is 17.2. The Balaban J connectivity index is 1.53. The van der Waals surface area contributed by atoms with Crippen LogP contribution < -0.4 is 14.8 Å². The molecule has 1 aromatic carbocycles. The van der Waals surface area contributed by atoms with Gasteiger partial charge in [0.05, 0.1) is 5.69 Å². The molecule has 0 aliphatic carbocycles. The van der Waals surface area contributed by atoms with E-state index in [1.165, 1.54) is 5.56 Å². The highest BCUT2D eigenvalue weighted by atomic mass is 16.6. The number of H-pyrrole nitrogens is 1. The molecule has 0 fully saturated rings. The van der Waals surface area contributed by atoms with Gasteiger partial charge in [0.2, 0.25) is 0 Å². The molecule has 2 N–H and O–H groups in total. The molecule has 1 unspecified atom stereocenters. The molecule has 1 aliphatic heterocycles. The van der Waals surface area contributed by atoms with Crippen molar-refractivity contribution in [3.63, 3.8) is 0 Å². The van der Waals surface area contributed by atoms with Gasteiger partial charge < -0.3 is 14.8 Å². The van der Waals surface area contributed by atoms with Crippen molar-refractivity contribution < 1.29 is 9.47 Å². The van der Waals surface area contributed by atoms with E-state index in [9.17, 15) is 0 Å². The van der Waals surface area contributed by atoms with Crippen LogP contribution in [0.15, 0.2) is 24.3 Å². The summed E-state index contributed by atoms with van der Waals surface area (Å²) in [5.74, 6) is 1.64. The number of aromatic nitrogens is 2. The molecule has 5 heteroatoms. The van der Waals surface area contributed by atoms with Gasteiger partial charge in [0.25, 0.3) is 0 Å². The third-order valence-electron chi connectivity index (χ3n) is 3.52. The molecule has 0 radical (unpaired) electrons. The summed E-state index contributed by atoms with van der Waals surface area (Å²) in [6, 6.07) is 7.77. The van der Waals surface area contributed by atoms with Crippen molar-refractivity contribution >= 4 is 0 Å². The zero-order chi connectivity index (χ0) is 13.9. The van der Waals surface area contributed by atoms with Crippen LogP contribution >= 0.6 is 0 Å². The summed E-state index contributed by atoms with van der Waals surface area (Å²) in [5.41, 5.74) is 3.38. The Morgan fingerprint density at radius 3 is 2.85 bits per heavy atom. The number of hydrogen-bond donors (Lipinski definition) is 2. The molecule has 2 aromatic rings. The zero-order valence-corrected chi connectivity index (χ0v) is 11.8. The van der Waals surface area contributed by atoms with E-state index in [1.807, 2.05) is 38.1 Å². The molecule has 0 spiro atoms. The molecule has 0 saturated carbocycles. The van der Waals surface area contributed by atoms with Crippen LogP contribution in [-0.2, 0) is 6.54 Å². The Kier molecular flexibility index (Phi) is 3.60. The molecule has 5 nitrogen and oxygen atoms in total. The third-order valence-corrected chi connectivity index (χ3v) is 3.52. The van der Waals surface area contributed by atoms with Gasteiger partial charge in [0, 0.05) is 24.3 Å². The molecule has 0 saturated heterocycles. The van der Waals surface area contributed by atoms with Gasteiger partial charge >= 0.3 is 0 Å². The van der Waals surface area contributed by atoms with Crippen LogP contribution in [0.5, 0.6) is 11.5 Å². The third kappa shape index (κ3) is 2.63. The van der Waals surface area contributed by atoms with Crippen LogP contribution in [0.3, 0.4) is 0 Å². The monoisotopic (exact) mass is 273 g/mol. The van der Waals surface area contributed by atoms with E-state index in [0.29, 0.717) is 6.61 Å². The molecular formula is C15H19N3O2. The number of para-hydroxylation sites is 2. The Bertz CT molecular complexity index is 575. The SMILES string of the molecule is Cc1n[nH]c(C)c1CNCC1COc2ccccc2O1. The minimum absolute atomic E-state index is 0.0393. The minimum Gasteiger partial charge on any atom is -0.486 e. The molecule has 2 heterocycles. The number of ether oxygens (including phenoxy) is 2. The van der Waals surface area contributed by atoms with Gasteiger partial charge in [-0.05, 0) is 26.0 Å². The van der Waals surface area contributed by atoms with Gasteiger partial charge in [-0.25, -0.2) is 0 Å². The van der Waals surface area contributed by atoms with E-state index in [1.54, 1.807) is 0 Å². The highest BCUT2D eigenvalue weighted by Gasteiger charge is 2.20.